The van der Waals surface area contributed by atoms with Gasteiger partial charge in [-0.3, -0.25) is 4.90 Å². The van der Waals surface area contributed by atoms with Gasteiger partial charge in [-0.15, -0.1) is 0 Å². The number of likely N-dealkylation sites (tertiary alicyclic amines) is 1. The van der Waals surface area contributed by atoms with Gasteiger partial charge in [-0.05, 0) is 57.4 Å². The third kappa shape index (κ3) is 4.44. The van der Waals surface area contributed by atoms with Crippen molar-refractivity contribution in [2.24, 2.45) is 11.8 Å². The van der Waals surface area contributed by atoms with Crippen LogP contribution in [0.25, 0.3) is 0 Å². The predicted octanol–water partition coefficient (Wildman–Crippen LogP) is 2.64. The van der Waals surface area contributed by atoms with E-state index in [-0.39, 0.29) is 0 Å². The Balaban J connectivity index is 1.85. The Hall–Kier alpha value is -0.120. The average molecular weight is 282 g/mol. The van der Waals surface area contributed by atoms with Crippen molar-refractivity contribution in [3.05, 3.63) is 0 Å². The summed E-state index contributed by atoms with van der Waals surface area (Å²) in [6, 6.07) is 1.40. The molecule has 0 radical (unpaired) electrons. The molecule has 3 unspecified atom stereocenters. The fourth-order valence-corrected chi connectivity index (χ4v) is 3.94. The van der Waals surface area contributed by atoms with Gasteiger partial charge in [0.1, 0.15) is 0 Å². The van der Waals surface area contributed by atoms with E-state index in [1.54, 1.807) is 0 Å². The minimum atomic E-state index is 0.306. The van der Waals surface area contributed by atoms with E-state index in [0.29, 0.717) is 12.6 Å². The minimum absolute atomic E-state index is 0.306. The predicted molar refractivity (Wildman–Crippen MR) is 84.9 cm³/mol. The molecule has 2 aliphatic rings. The maximum absolute atomic E-state index is 8.93. The molecule has 3 heteroatoms. The maximum atomic E-state index is 8.93. The van der Waals surface area contributed by atoms with Crippen LogP contribution in [-0.4, -0.2) is 48.3 Å². The third-order valence-electron chi connectivity index (χ3n) is 5.44. The molecule has 1 saturated heterocycles. The Bertz CT molecular complexity index is 268. The van der Waals surface area contributed by atoms with E-state index in [9.17, 15) is 0 Å². The van der Waals surface area contributed by atoms with Crippen molar-refractivity contribution in [2.45, 2.75) is 70.9 Å². The smallest absolute Gasteiger partial charge is 0.0443 e. The van der Waals surface area contributed by atoms with Crippen molar-refractivity contribution < 1.29 is 5.11 Å². The van der Waals surface area contributed by atoms with Crippen LogP contribution in [0.4, 0.5) is 0 Å². The number of hydrogen-bond donors (Lipinski definition) is 2. The molecule has 3 atom stereocenters. The van der Waals surface area contributed by atoms with E-state index < -0.39 is 0 Å². The molecule has 20 heavy (non-hydrogen) atoms. The zero-order valence-corrected chi connectivity index (χ0v) is 13.5. The first-order valence-corrected chi connectivity index (χ1v) is 8.82. The summed E-state index contributed by atoms with van der Waals surface area (Å²) in [5.74, 6) is 1.82. The van der Waals surface area contributed by atoms with E-state index in [2.05, 4.69) is 24.1 Å². The van der Waals surface area contributed by atoms with Gasteiger partial charge in [-0.2, -0.15) is 0 Å². The highest BCUT2D eigenvalue weighted by molar-refractivity contribution is 4.89. The lowest BCUT2D eigenvalue weighted by atomic mass is 9.78. The van der Waals surface area contributed by atoms with Gasteiger partial charge >= 0.3 is 0 Å². The van der Waals surface area contributed by atoms with Crippen LogP contribution in [0.3, 0.4) is 0 Å². The second kappa shape index (κ2) is 8.35. The molecule has 1 saturated carbocycles. The lowest BCUT2D eigenvalue weighted by Crippen LogP contribution is -2.54. The molecule has 0 bridgehead atoms. The van der Waals surface area contributed by atoms with Crippen LogP contribution < -0.4 is 5.32 Å². The van der Waals surface area contributed by atoms with Gasteiger partial charge < -0.3 is 10.4 Å². The molecule has 118 valence electrons. The van der Waals surface area contributed by atoms with E-state index >= 15 is 0 Å². The highest BCUT2D eigenvalue weighted by Gasteiger charge is 2.34. The summed E-state index contributed by atoms with van der Waals surface area (Å²) in [5, 5.41) is 12.6. The van der Waals surface area contributed by atoms with Crippen LogP contribution in [0, 0.1) is 11.8 Å². The number of aliphatic hydroxyl groups excluding tert-OH is 1. The van der Waals surface area contributed by atoms with Crippen molar-refractivity contribution in [2.75, 3.05) is 26.2 Å². The Labute approximate surface area is 125 Å². The van der Waals surface area contributed by atoms with Crippen molar-refractivity contribution in [3.8, 4) is 0 Å². The van der Waals surface area contributed by atoms with E-state index in [4.69, 9.17) is 5.11 Å². The van der Waals surface area contributed by atoms with Crippen LogP contribution in [0.1, 0.15) is 58.8 Å². The first-order chi connectivity index (χ1) is 9.74. The zero-order chi connectivity index (χ0) is 14.4. The lowest BCUT2D eigenvalue weighted by Gasteiger charge is -2.46. The number of rotatable bonds is 8. The quantitative estimate of drug-likeness (QED) is 0.672. The Morgan fingerprint density at radius 1 is 1.30 bits per heavy atom. The highest BCUT2D eigenvalue weighted by atomic mass is 16.3. The summed E-state index contributed by atoms with van der Waals surface area (Å²) < 4.78 is 0. The second-order valence-corrected chi connectivity index (χ2v) is 7.00. The summed E-state index contributed by atoms with van der Waals surface area (Å²) in [4.78, 5) is 2.75. The first kappa shape index (κ1) is 16.3. The summed E-state index contributed by atoms with van der Waals surface area (Å²) in [5.41, 5.74) is 0. The average Bonchev–Trinajstić information content (AvgIpc) is 2.37. The normalized spacial score (nSPS) is 30.1. The monoisotopic (exact) mass is 282 g/mol. The first-order valence-electron chi connectivity index (χ1n) is 8.82. The van der Waals surface area contributed by atoms with Gasteiger partial charge in [0.15, 0.2) is 0 Å². The van der Waals surface area contributed by atoms with E-state index in [0.717, 1.165) is 30.8 Å². The fraction of sp³-hybridized carbons (Fsp3) is 1.00. The summed E-state index contributed by atoms with van der Waals surface area (Å²) >= 11 is 0. The molecule has 2 N–H and O–H groups in total. The number of hydrogen-bond acceptors (Lipinski definition) is 3. The van der Waals surface area contributed by atoms with Crippen LogP contribution in [0.5, 0.6) is 0 Å². The molecule has 0 spiro atoms. The van der Waals surface area contributed by atoms with Crippen LogP contribution in [-0.2, 0) is 0 Å². The van der Waals surface area contributed by atoms with Crippen molar-refractivity contribution >= 4 is 0 Å². The number of aliphatic hydroxyl groups is 1. The van der Waals surface area contributed by atoms with Crippen LogP contribution >= 0.6 is 0 Å². The fourth-order valence-electron chi connectivity index (χ4n) is 3.94. The largest absolute Gasteiger partial charge is 0.396 e. The van der Waals surface area contributed by atoms with E-state index in [1.807, 2.05) is 0 Å². The van der Waals surface area contributed by atoms with Crippen LogP contribution in [0.15, 0.2) is 0 Å². The molecule has 0 aromatic carbocycles. The second-order valence-electron chi connectivity index (χ2n) is 7.00. The molecule has 1 heterocycles. The molecule has 0 aromatic heterocycles. The van der Waals surface area contributed by atoms with Crippen molar-refractivity contribution in [3.63, 3.8) is 0 Å². The summed E-state index contributed by atoms with van der Waals surface area (Å²) in [7, 11) is 0. The maximum Gasteiger partial charge on any atom is 0.0443 e. The minimum Gasteiger partial charge on any atom is -0.396 e. The van der Waals surface area contributed by atoms with Gasteiger partial charge in [0, 0.05) is 31.8 Å². The topological polar surface area (TPSA) is 35.5 Å². The van der Waals surface area contributed by atoms with Crippen LogP contribution in [0.2, 0.25) is 0 Å². The molecule has 3 nitrogen and oxygen atoms in total. The highest BCUT2D eigenvalue weighted by Crippen LogP contribution is 2.34. The standard InChI is InChI=1S/C17H34N2O/c1-3-6-15-11-17(18-9-5-10-20)13-19(12-15)14(2)16-7-4-8-16/h14-18,20H,3-13H2,1-2H3. The molecule has 0 aromatic rings. The summed E-state index contributed by atoms with van der Waals surface area (Å²) in [6.07, 6.45) is 9.21. The molecular formula is C17H34N2O. The van der Waals surface area contributed by atoms with E-state index in [1.165, 1.54) is 51.6 Å². The summed E-state index contributed by atoms with van der Waals surface area (Å²) in [6.45, 7) is 8.55. The van der Waals surface area contributed by atoms with Crippen molar-refractivity contribution in [1.82, 2.24) is 10.2 Å². The Morgan fingerprint density at radius 3 is 2.70 bits per heavy atom. The van der Waals surface area contributed by atoms with Gasteiger partial charge in [0.25, 0.3) is 0 Å². The molecular weight excluding hydrogens is 248 g/mol. The molecule has 0 amide bonds. The van der Waals surface area contributed by atoms with Gasteiger partial charge in [-0.1, -0.05) is 19.8 Å². The molecule has 1 aliphatic heterocycles. The van der Waals surface area contributed by atoms with Gasteiger partial charge in [0.2, 0.25) is 0 Å². The van der Waals surface area contributed by atoms with Gasteiger partial charge in [0.05, 0.1) is 0 Å². The third-order valence-corrected chi connectivity index (χ3v) is 5.44. The SMILES string of the molecule is CCCC1CC(NCCCO)CN(C(C)C2CCC2)C1. The molecule has 1 aliphatic carbocycles. The zero-order valence-electron chi connectivity index (χ0n) is 13.5. The number of nitrogens with zero attached hydrogens (tertiary/aromatic N) is 1. The molecule has 2 rings (SSSR count). The lowest BCUT2D eigenvalue weighted by molar-refractivity contribution is 0.0491. The molecule has 2 fully saturated rings. The van der Waals surface area contributed by atoms with Gasteiger partial charge in [-0.25, -0.2) is 0 Å². The Morgan fingerprint density at radius 2 is 2.10 bits per heavy atom. The Kier molecular flexibility index (Phi) is 6.79. The number of piperidine rings is 1. The number of nitrogens with one attached hydrogen (secondary N) is 1. The van der Waals surface area contributed by atoms with Crippen molar-refractivity contribution in [1.29, 1.82) is 0 Å².